The maximum Gasteiger partial charge on any atom is 0.446 e. The molecule has 0 fully saturated rings. The second-order valence-electron chi connectivity index (χ2n) is 2.97. The summed E-state index contributed by atoms with van der Waals surface area (Å²) in [5.74, 6) is -1.41. The van der Waals surface area contributed by atoms with Crippen molar-refractivity contribution in [2.24, 2.45) is 0 Å². The molecule has 5 heteroatoms. The summed E-state index contributed by atoms with van der Waals surface area (Å²) in [5.41, 5.74) is 0.0256. The molecule has 0 aliphatic rings. The molecule has 0 heterocycles. The molecule has 0 amide bonds. The van der Waals surface area contributed by atoms with Crippen molar-refractivity contribution in [2.45, 2.75) is 0 Å². The highest BCUT2D eigenvalue weighted by Gasteiger charge is 2.11. The number of aliphatic hydroxyl groups excluding tert-OH is 1. The molecule has 0 spiro atoms. The normalized spacial score (nSPS) is 9.71. The van der Waals surface area contributed by atoms with E-state index in [0.29, 0.717) is 0 Å². The van der Waals surface area contributed by atoms with E-state index in [2.05, 4.69) is 5.32 Å². The number of aliphatic hydroxyl groups is 1. The summed E-state index contributed by atoms with van der Waals surface area (Å²) in [6.45, 7) is 0. The van der Waals surface area contributed by atoms with E-state index in [4.69, 9.17) is 0 Å². The highest BCUT2D eigenvalue weighted by molar-refractivity contribution is 5.83. The zero-order chi connectivity index (χ0) is 10.7. The predicted molar refractivity (Wildman–Crippen MR) is 49.7 cm³/mol. The summed E-state index contributed by atoms with van der Waals surface area (Å²) in [7, 11) is 3.17. The second kappa shape index (κ2) is 4.04. The van der Waals surface area contributed by atoms with E-state index in [-0.39, 0.29) is 11.7 Å². The molecule has 0 radical (unpaired) electrons. The van der Waals surface area contributed by atoms with Crippen LogP contribution < -0.4 is 5.32 Å². The Kier molecular flexibility index (Phi) is 3.01. The topological polar surface area (TPSA) is 35.3 Å². The fourth-order valence-corrected chi connectivity index (χ4v) is 0.823. The Bertz CT molecular complexity index is 373. The summed E-state index contributed by atoms with van der Waals surface area (Å²) in [6, 6.07) is 2.85. The van der Waals surface area contributed by atoms with Gasteiger partial charge in [0.1, 0.15) is 5.82 Å². The monoisotopic (exact) mass is 201 g/mol. The number of anilines is 1. The summed E-state index contributed by atoms with van der Waals surface area (Å²) < 4.78 is 26.9. The van der Waals surface area contributed by atoms with Gasteiger partial charge in [-0.05, 0) is 12.1 Å². The first-order valence-corrected chi connectivity index (χ1v) is 3.96. The lowest BCUT2D eigenvalue weighted by Gasteiger charge is -2.00. The van der Waals surface area contributed by atoms with Crippen molar-refractivity contribution in [3.63, 3.8) is 0 Å². The smallest absolute Gasteiger partial charge is 0.446 e. The minimum Gasteiger partial charge on any atom is -0.447 e. The van der Waals surface area contributed by atoms with Crippen molar-refractivity contribution >= 4 is 11.7 Å². The Morgan fingerprint density at radius 1 is 1.36 bits per heavy atom. The summed E-state index contributed by atoms with van der Waals surface area (Å²) in [5, 5.41) is 11.6. The lowest BCUT2D eigenvalue weighted by molar-refractivity contribution is -0.473. The van der Waals surface area contributed by atoms with Crippen LogP contribution in [0, 0.1) is 11.6 Å². The summed E-state index contributed by atoms with van der Waals surface area (Å²) >= 11 is 0. The molecule has 0 aliphatic carbocycles. The van der Waals surface area contributed by atoms with Gasteiger partial charge in [-0.3, -0.25) is 0 Å². The summed E-state index contributed by atoms with van der Waals surface area (Å²) in [4.78, 5) is 0. The van der Waals surface area contributed by atoms with Crippen LogP contribution in [0.5, 0.6) is 0 Å². The van der Waals surface area contributed by atoms with Crippen LogP contribution in [0.2, 0.25) is 0 Å². The van der Waals surface area contributed by atoms with E-state index in [1.807, 2.05) is 0 Å². The third-order valence-electron chi connectivity index (χ3n) is 1.60. The molecule has 0 bridgehead atoms. The maximum absolute atomic E-state index is 13.0. The van der Waals surface area contributed by atoms with Crippen LogP contribution in [0.3, 0.4) is 0 Å². The van der Waals surface area contributed by atoms with Crippen LogP contribution in [-0.2, 0) is 0 Å². The molecule has 0 aliphatic heterocycles. The number of rotatable bonds is 1. The average Bonchev–Trinajstić information content (AvgIpc) is 2.09. The van der Waals surface area contributed by atoms with Gasteiger partial charge in [0.2, 0.25) is 0 Å². The summed E-state index contributed by atoms with van der Waals surface area (Å²) in [6.07, 6.45) is 0. The first-order chi connectivity index (χ1) is 6.50. The van der Waals surface area contributed by atoms with Crippen LogP contribution in [0.15, 0.2) is 18.2 Å². The minimum atomic E-state index is -0.751. The van der Waals surface area contributed by atoms with Crippen LogP contribution >= 0.6 is 0 Å². The van der Waals surface area contributed by atoms with Gasteiger partial charge in [0.15, 0.2) is 11.5 Å². The van der Waals surface area contributed by atoms with Crippen molar-refractivity contribution < 1.29 is 18.5 Å². The Labute approximate surface area is 80.3 Å². The van der Waals surface area contributed by atoms with Gasteiger partial charge in [-0.15, -0.1) is 0 Å². The zero-order valence-electron chi connectivity index (χ0n) is 7.88. The SMILES string of the molecule is C[N+](C)=C(O)Nc1ccc(F)cc1F. The standard InChI is InChI=1S/C9H10F2N2O/c1-13(2)9(14)12-8-4-3-6(10)5-7(8)11/h3-5H,1-2H3,(H,12,14)/p+1. The quantitative estimate of drug-likeness (QED) is 0.411. The van der Waals surface area contributed by atoms with Crippen LogP contribution in [0.25, 0.3) is 0 Å². The number of hydrogen-bond donors (Lipinski definition) is 2. The lowest BCUT2D eigenvalue weighted by Crippen LogP contribution is -2.22. The molecule has 1 aromatic rings. The number of nitrogens with one attached hydrogen (secondary N) is 1. The number of halogens is 2. The van der Waals surface area contributed by atoms with Gasteiger partial charge in [0.05, 0.1) is 14.1 Å². The van der Waals surface area contributed by atoms with Gasteiger partial charge in [-0.1, -0.05) is 0 Å². The zero-order valence-corrected chi connectivity index (χ0v) is 7.88. The molecule has 0 saturated heterocycles. The van der Waals surface area contributed by atoms with Crippen molar-refractivity contribution in [1.29, 1.82) is 0 Å². The Balaban J connectivity index is 2.93. The Hall–Kier alpha value is -1.65. The molecule has 0 atom stereocenters. The van der Waals surface area contributed by atoms with Gasteiger partial charge in [0.25, 0.3) is 0 Å². The van der Waals surface area contributed by atoms with E-state index in [1.54, 1.807) is 14.1 Å². The van der Waals surface area contributed by atoms with E-state index >= 15 is 0 Å². The van der Waals surface area contributed by atoms with Crippen LogP contribution in [0.4, 0.5) is 14.5 Å². The highest BCUT2D eigenvalue weighted by atomic mass is 19.1. The number of benzene rings is 1. The molecule has 3 nitrogen and oxygen atoms in total. The largest absolute Gasteiger partial charge is 0.447 e. The van der Waals surface area contributed by atoms with Gasteiger partial charge in [0, 0.05) is 6.07 Å². The van der Waals surface area contributed by atoms with Gasteiger partial charge in [-0.2, -0.15) is 0 Å². The number of amidine groups is 1. The van der Waals surface area contributed by atoms with Gasteiger partial charge < -0.3 is 5.11 Å². The van der Waals surface area contributed by atoms with Gasteiger partial charge >= 0.3 is 6.02 Å². The molecule has 0 saturated carbocycles. The van der Waals surface area contributed by atoms with Crippen molar-refractivity contribution in [3.8, 4) is 0 Å². The minimum absolute atomic E-state index is 0.0256. The maximum atomic E-state index is 13.0. The second-order valence-corrected chi connectivity index (χ2v) is 2.97. The molecule has 1 aromatic carbocycles. The van der Waals surface area contributed by atoms with Crippen LogP contribution in [0.1, 0.15) is 0 Å². The van der Waals surface area contributed by atoms with Crippen molar-refractivity contribution in [1.82, 2.24) is 0 Å². The molecule has 1 rings (SSSR count). The molecule has 0 unspecified atom stereocenters. The van der Waals surface area contributed by atoms with E-state index in [0.717, 1.165) is 12.1 Å². The molecule has 76 valence electrons. The van der Waals surface area contributed by atoms with Gasteiger partial charge in [-0.25, -0.2) is 18.7 Å². The Morgan fingerprint density at radius 2 is 2.00 bits per heavy atom. The fourth-order valence-electron chi connectivity index (χ4n) is 0.823. The number of nitrogens with zero attached hydrogens (tertiary/aromatic N) is 1. The first-order valence-electron chi connectivity index (χ1n) is 3.96. The third-order valence-corrected chi connectivity index (χ3v) is 1.60. The fraction of sp³-hybridized carbons (Fsp3) is 0.222. The average molecular weight is 201 g/mol. The molecule has 0 aromatic heterocycles. The third kappa shape index (κ3) is 2.42. The predicted octanol–water partition coefficient (Wildman–Crippen LogP) is 1.56. The molecule has 2 N–H and O–H groups in total. The highest BCUT2D eigenvalue weighted by Crippen LogP contribution is 2.14. The van der Waals surface area contributed by atoms with E-state index < -0.39 is 11.6 Å². The molecular formula is C9H11F2N2O+. The Morgan fingerprint density at radius 3 is 2.50 bits per heavy atom. The van der Waals surface area contributed by atoms with E-state index in [1.165, 1.54) is 10.6 Å². The van der Waals surface area contributed by atoms with Crippen molar-refractivity contribution in [2.75, 3.05) is 19.4 Å². The van der Waals surface area contributed by atoms with Crippen LogP contribution in [-0.4, -0.2) is 29.8 Å². The number of hydrogen-bond acceptors (Lipinski definition) is 0. The van der Waals surface area contributed by atoms with E-state index in [9.17, 15) is 13.9 Å². The lowest BCUT2D eigenvalue weighted by atomic mass is 10.3. The van der Waals surface area contributed by atoms with Crippen molar-refractivity contribution in [3.05, 3.63) is 29.8 Å². The molecule has 14 heavy (non-hydrogen) atoms. The first kappa shape index (κ1) is 10.4. The molecular weight excluding hydrogens is 190 g/mol.